The molecule has 2 aromatic rings. The zero-order valence-electron chi connectivity index (χ0n) is 15.1. The number of aromatic nitrogens is 1. The minimum absolute atomic E-state index is 0.164. The lowest BCUT2D eigenvalue weighted by molar-refractivity contribution is 0.0949. The number of carbonyl (C=O) groups excluding carboxylic acids is 1. The maximum atomic E-state index is 12.4. The number of morpholine rings is 1. The lowest BCUT2D eigenvalue weighted by atomic mass is 10.1. The normalized spacial score (nSPS) is 16.1. The highest BCUT2D eigenvalue weighted by Crippen LogP contribution is 2.30. The Labute approximate surface area is 158 Å². The van der Waals surface area contributed by atoms with Gasteiger partial charge in [0.25, 0.3) is 5.91 Å². The lowest BCUT2D eigenvalue weighted by Crippen LogP contribution is -2.36. The van der Waals surface area contributed by atoms with Gasteiger partial charge in [-0.25, -0.2) is 0 Å². The van der Waals surface area contributed by atoms with Crippen LogP contribution in [0.25, 0.3) is 0 Å². The number of carbonyl (C=O) groups is 1. The minimum Gasteiger partial charge on any atom is -0.486 e. The quantitative estimate of drug-likeness (QED) is 0.864. The van der Waals surface area contributed by atoms with Gasteiger partial charge < -0.3 is 24.4 Å². The van der Waals surface area contributed by atoms with Gasteiger partial charge >= 0.3 is 0 Å². The van der Waals surface area contributed by atoms with E-state index in [4.69, 9.17) is 14.2 Å². The molecule has 7 heteroatoms. The fraction of sp³-hybridized carbons (Fsp3) is 0.400. The second kappa shape index (κ2) is 8.26. The van der Waals surface area contributed by atoms with Crippen molar-refractivity contribution in [3.05, 3.63) is 47.8 Å². The van der Waals surface area contributed by atoms with Gasteiger partial charge in [-0.3, -0.25) is 9.78 Å². The molecule has 0 bridgehead atoms. The van der Waals surface area contributed by atoms with Gasteiger partial charge in [0.2, 0.25) is 0 Å². The number of anilines is 1. The van der Waals surface area contributed by atoms with Gasteiger partial charge in [0.15, 0.2) is 11.5 Å². The van der Waals surface area contributed by atoms with Crippen molar-refractivity contribution in [1.29, 1.82) is 0 Å². The summed E-state index contributed by atoms with van der Waals surface area (Å²) < 4.78 is 16.5. The van der Waals surface area contributed by atoms with Crippen LogP contribution in [0.5, 0.6) is 11.5 Å². The zero-order chi connectivity index (χ0) is 18.5. The van der Waals surface area contributed by atoms with Crippen LogP contribution in [0.15, 0.2) is 36.5 Å². The highest BCUT2D eigenvalue weighted by molar-refractivity contribution is 5.93. The van der Waals surface area contributed by atoms with Crippen LogP contribution in [0.3, 0.4) is 0 Å². The predicted molar refractivity (Wildman–Crippen MR) is 101 cm³/mol. The summed E-state index contributed by atoms with van der Waals surface area (Å²) in [6.45, 7) is 4.75. The number of pyridine rings is 1. The van der Waals surface area contributed by atoms with E-state index in [9.17, 15) is 4.79 Å². The number of rotatable bonds is 5. The van der Waals surface area contributed by atoms with Crippen molar-refractivity contribution >= 4 is 11.6 Å². The first kappa shape index (κ1) is 17.6. The number of nitrogens with one attached hydrogen (secondary N) is 1. The van der Waals surface area contributed by atoms with Gasteiger partial charge in [-0.05, 0) is 36.2 Å². The number of hydrogen-bond donors (Lipinski definition) is 1. The highest BCUT2D eigenvalue weighted by Gasteiger charge is 2.15. The Kier molecular flexibility index (Phi) is 5.39. The Balaban J connectivity index is 1.33. The summed E-state index contributed by atoms with van der Waals surface area (Å²) >= 11 is 0. The standard InChI is InChI=1S/C20H23N3O4/c24-20(17-14-16(4-6-21-17)23-7-9-25-10-8-23)22-5-3-15-1-2-18-19(13-15)27-12-11-26-18/h1-2,4,6,13-14H,3,5,7-12H2,(H,22,24). The van der Waals surface area contributed by atoms with Crippen molar-refractivity contribution in [1.82, 2.24) is 10.3 Å². The highest BCUT2D eigenvalue weighted by atomic mass is 16.6. The van der Waals surface area contributed by atoms with Crippen molar-refractivity contribution in [2.24, 2.45) is 0 Å². The fourth-order valence-corrected chi connectivity index (χ4v) is 3.22. The number of nitrogens with zero attached hydrogens (tertiary/aromatic N) is 2. The van der Waals surface area contributed by atoms with E-state index in [-0.39, 0.29) is 5.91 Å². The van der Waals surface area contributed by atoms with Crippen molar-refractivity contribution in [2.45, 2.75) is 6.42 Å². The zero-order valence-corrected chi connectivity index (χ0v) is 15.1. The van der Waals surface area contributed by atoms with Crippen LogP contribution in [-0.4, -0.2) is 57.0 Å². The van der Waals surface area contributed by atoms with E-state index < -0.39 is 0 Å². The molecule has 1 fully saturated rings. The summed E-state index contributed by atoms with van der Waals surface area (Å²) in [5.41, 5.74) is 2.53. The predicted octanol–water partition coefficient (Wildman–Crippen LogP) is 1.66. The summed E-state index contributed by atoms with van der Waals surface area (Å²) in [4.78, 5) is 18.9. The molecule has 1 N–H and O–H groups in total. The van der Waals surface area contributed by atoms with Gasteiger partial charge in [-0.1, -0.05) is 6.07 Å². The molecule has 3 heterocycles. The molecule has 1 aromatic carbocycles. The Morgan fingerprint density at radius 1 is 1.04 bits per heavy atom. The van der Waals surface area contributed by atoms with Crippen molar-refractivity contribution in [3.63, 3.8) is 0 Å². The summed E-state index contributed by atoms with van der Waals surface area (Å²) in [5, 5.41) is 2.94. The molecule has 2 aliphatic heterocycles. The molecule has 0 aliphatic carbocycles. The summed E-state index contributed by atoms with van der Waals surface area (Å²) in [6, 6.07) is 9.65. The van der Waals surface area contributed by atoms with Gasteiger partial charge in [0.05, 0.1) is 13.2 Å². The fourth-order valence-electron chi connectivity index (χ4n) is 3.22. The van der Waals surface area contributed by atoms with Crippen molar-refractivity contribution < 1.29 is 19.0 Å². The first-order valence-corrected chi connectivity index (χ1v) is 9.25. The van der Waals surface area contributed by atoms with Gasteiger partial charge in [0, 0.05) is 31.5 Å². The maximum absolute atomic E-state index is 12.4. The maximum Gasteiger partial charge on any atom is 0.269 e. The van der Waals surface area contributed by atoms with Crippen LogP contribution in [0.4, 0.5) is 5.69 Å². The lowest BCUT2D eigenvalue weighted by Gasteiger charge is -2.28. The van der Waals surface area contributed by atoms with E-state index in [1.807, 2.05) is 30.3 Å². The molecule has 0 atom stereocenters. The second-order valence-corrected chi connectivity index (χ2v) is 6.48. The van der Waals surface area contributed by atoms with Crippen LogP contribution in [-0.2, 0) is 11.2 Å². The molecule has 7 nitrogen and oxygen atoms in total. The first-order valence-electron chi connectivity index (χ1n) is 9.25. The second-order valence-electron chi connectivity index (χ2n) is 6.48. The molecule has 4 rings (SSSR count). The third kappa shape index (κ3) is 4.31. The van der Waals surface area contributed by atoms with E-state index in [0.29, 0.717) is 45.1 Å². The molecule has 1 aromatic heterocycles. The Hall–Kier alpha value is -2.80. The molecule has 0 spiro atoms. The van der Waals surface area contributed by atoms with Crippen LogP contribution in [0, 0.1) is 0 Å². The topological polar surface area (TPSA) is 72.9 Å². The van der Waals surface area contributed by atoms with Gasteiger partial charge in [0.1, 0.15) is 18.9 Å². The molecule has 1 saturated heterocycles. The average Bonchev–Trinajstić information content (AvgIpc) is 2.74. The summed E-state index contributed by atoms with van der Waals surface area (Å²) in [7, 11) is 0. The smallest absolute Gasteiger partial charge is 0.269 e. The summed E-state index contributed by atoms with van der Waals surface area (Å²) in [5.74, 6) is 1.38. The van der Waals surface area contributed by atoms with Crippen LogP contribution in [0.1, 0.15) is 16.1 Å². The average molecular weight is 369 g/mol. The van der Waals surface area contributed by atoms with E-state index in [1.54, 1.807) is 6.20 Å². The number of fused-ring (bicyclic) bond motifs is 1. The third-order valence-corrected chi connectivity index (χ3v) is 4.66. The SMILES string of the molecule is O=C(NCCc1ccc2c(c1)OCCO2)c1cc(N2CCOCC2)ccn1. The Morgan fingerprint density at radius 2 is 1.85 bits per heavy atom. The Bertz CT molecular complexity index is 806. The van der Waals surface area contributed by atoms with E-state index in [1.165, 1.54) is 0 Å². The Morgan fingerprint density at radius 3 is 2.70 bits per heavy atom. The van der Waals surface area contributed by atoms with Crippen LogP contribution < -0.4 is 19.7 Å². The third-order valence-electron chi connectivity index (χ3n) is 4.66. The van der Waals surface area contributed by atoms with Gasteiger partial charge in [-0.15, -0.1) is 0 Å². The monoisotopic (exact) mass is 369 g/mol. The first-order chi connectivity index (χ1) is 13.3. The summed E-state index contributed by atoms with van der Waals surface area (Å²) in [6.07, 6.45) is 2.39. The molecule has 0 radical (unpaired) electrons. The van der Waals surface area contributed by atoms with Crippen LogP contribution >= 0.6 is 0 Å². The molecule has 2 aliphatic rings. The molecule has 27 heavy (non-hydrogen) atoms. The van der Waals surface area contributed by atoms with E-state index >= 15 is 0 Å². The van der Waals surface area contributed by atoms with E-state index in [0.717, 1.165) is 35.8 Å². The molecule has 0 unspecified atom stereocenters. The number of benzene rings is 1. The largest absolute Gasteiger partial charge is 0.486 e. The number of ether oxygens (including phenoxy) is 3. The van der Waals surface area contributed by atoms with Crippen molar-refractivity contribution in [2.75, 3.05) is 51.0 Å². The minimum atomic E-state index is -0.164. The molecule has 0 saturated carbocycles. The number of amides is 1. The molecular weight excluding hydrogens is 346 g/mol. The molecule has 142 valence electrons. The van der Waals surface area contributed by atoms with E-state index in [2.05, 4.69) is 15.2 Å². The van der Waals surface area contributed by atoms with Gasteiger partial charge in [-0.2, -0.15) is 0 Å². The molecule has 1 amide bonds. The van der Waals surface area contributed by atoms with Crippen molar-refractivity contribution in [3.8, 4) is 11.5 Å². The number of hydrogen-bond acceptors (Lipinski definition) is 6. The molecular formula is C20H23N3O4. The van der Waals surface area contributed by atoms with Crippen LogP contribution in [0.2, 0.25) is 0 Å².